The summed E-state index contributed by atoms with van der Waals surface area (Å²) < 4.78 is 11.2. The Hall–Kier alpha value is -1.06. The van der Waals surface area contributed by atoms with Gasteiger partial charge in [0.25, 0.3) is 0 Å². The SMILES string of the molecule is COC1CCC(NC(C)c2cccc(OC(C)C)c2)CC1. The van der Waals surface area contributed by atoms with Gasteiger partial charge in [-0.25, -0.2) is 0 Å². The first-order valence-electron chi connectivity index (χ1n) is 8.14. The van der Waals surface area contributed by atoms with E-state index in [-0.39, 0.29) is 6.10 Å². The van der Waals surface area contributed by atoms with Gasteiger partial charge in [-0.05, 0) is 64.2 Å². The highest BCUT2D eigenvalue weighted by atomic mass is 16.5. The van der Waals surface area contributed by atoms with Gasteiger partial charge in [0.1, 0.15) is 5.75 Å². The molecule has 1 N–H and O–H groups in total. The number of ether oxygens (including phenoxy) is 2. The first-order chi connectivity index (χ1) is 10.1. The molecule has 0 spiro atoms. The third kappa shape index (κ3) is 5.01. The summed E-state index contributed by atoms with van der Waals surface area (Å²) in [6.45, 7) is 6.35. The zero-order valence-electron chi connectivity index (χ0n) is 13.8. The Balaban J connectivity index is 1.89. The monoisotopic (exact) mass is 291 g/mol. The molecule has 118 valence electrons. The molecule has 0 bridgehead atoms. The molecule has 1 fully saturated rings. The first kappa shape index (κ1) is 16.3. The van der Waals surface area contributed by atoms with Crippen molar-refractivity contribution < 1.29 is 9.47 Å². The zero-order valence-corrected chi connectivity index (χ0v) is 13.8. The van der Waals surface area contributed by atoms with Crippen molar-refractivity contribution in [3.63, 3.8) is 0 Å². The van der Waals surface area contributed by atoms with E-state index in [1.54, 1.807) is 0 Å². The van der Waals surface area contributed by atoms with E-state index in [2.05, 4.69) is 44.3 Å². The van der Waals surface area contributed by atoms with Crippen LogP contribution in [0.1, 0.15) is 58.1 Å². The highest BCUT2D eigenvalue weighted by molar-refractivity contribution is 5.30. The summed E-state index contributed by atoms with van der Waals surface area (Å²) in [5.74, 6) is 0.958. The van der Waals surface area contributed by atoms with Crippen LogP contribution in [0.2, 0.25) is 0 Å². The number of nitrogens with one attached hydrogen (secondary N) is 1. The molecule has 21 heavy (non-hydrogen) atoms. The molecular formula is C18H29NO2. The van der Waals surface area contributed by atoms with E-state index in [1.165, 1.54) is 18.4 Å². The van der Waals surface area contributed by atoms with Crippen LogP contribution in [0.15, 0.2) is 24.3 Å². The summed E-state index contributed by atoms with van der Waals surface area (Å²) in [5.41, 5.74) is 1.29. The molecular weight excluding hydrogens is 262 g/mol. The third-order valence-corrected chi connectivity index (χ3v) is 4.22. The lowest BCUT2D eigenvalue weighted by molar-refractivity contribution is 0.0614. The molecule has 1 aliphatic rings. The summed E-state index contributed by atoms with van der Waals surface area (Å²) >= 11 is 0. The Labute approximate surface area is 129 Å². The maximum Gasteiger partial charge on any atom is 0.120 e. The predicted octanol–water partition coefficient (Wildman–Crippen LogP) is 4.08. The average Bonchev–Trinajstić information content (AvgIpc) is 2.47. The third-order valence-electron chi connectivity index (χ3n) is 4.22. The Morgan fingerprint density at radius 1 is 1.10 bits per heavy atom. The molecule has 0 heterocycles. The Kier molecular flexibility index (Phi) is 6.07. The van der Waals surface area contributed by atoms with Crippen LogP contribution in [-0.4, -0.2) is 25.4 Å². The van der Waals surface area contributed by atoms with Gasteiger partial charge in [-0.15, -0.1) is 0 Å². The fourth-order valence-electron chi connectivity index (χ4n) is 3.04. The van der Waals surface area contributed by atoms with Crippen LogP contribution in [0.25, 0.3) is 0 Å². The lowest BCUT2D eigenvalue weighted by Crippen LogP contribution is -2.36. The van der Waals surface area contributed by atoms with Gasteiger partial charge in [-0.2, -0.15) is 0 Å². The molecule has 0 aromatic heterocycles. The topological polar surface area (TPSA) is 30.5 Å². The van der Waals surface area contributed by atoms with E-state index in [0.717, 1.165) is 18.6 Å². The van der Waals surface area contributed by atoms with Gasteiger partial charge in [0, 0.05) is 19.2 Å². The van der Waals surface area contributed by atoms with Crippen molar-refractivity contribution in [3.05, 3.63) is 29.8 Å². The van der Waals surface area contributed by atoms with Crippen LogP contribution in [-0.2, 0) is 4.74 Å². The lowest BCUT2D eigenvalue weighted by atomic mass is 9.92. The van der Waals surface area contributed by atoms with Crippen molar-refractivity contribution in [2.24, 2.45) is 0 Å². The van der Waals surface area contributed by atoms with Gasteiger partial charge < -0.3 is 14.8 Å². The summed E-state index contributed by atoms with van der Waals surface area (Å²) in [6.07, 6.45) is 5.40. The fourth-order valence-corrected chi connectivity index (χ4v) is 3.04. The number of benzene rings is 1. The largest absolute Gasteiger partial charge is 0.491 e. The van der Waals surface area contributed by atoms with Gasteiger partial charge >= 0.3 is 0 Å². The smallest absolute Gasteiger partial charge is 0.120 e. The second kappa shape index (κ2) is 7.81. The molecule has 1 saturated carbocycles. The molecule has 3 nitrogen and oxygen atoms in total. The van der Waals surface area contributed by atoms with E-state index in [0.29, 0.717) is 18.2 Å². The molecule has 1 aliphatic carbocycles. The van der Waals surface area contributed by atoms with E-state index < -0.39 is 0 Å². The minimum atomic E-state index is 0.216. The second-order valence-electron chi connectivity index (χ2n) is 6.34. The maximum atomic E-state index is 5.78. The Bertz CT molecular complexity index is 425. The Morgan fingerprint density at radius 3 is 2.43 bits per heavy atom. The van der Waals surface area contributed by atoms with Gasteiger partial charge in [0.15, 0.2) is 0 Å². The minimum absolute atomic E-state index is 0.216. The summed E-state index contributed by atoms with van der Waals surface area (Å²) in [4.78, 5) is 0. The number of rotatable bonds is 6. The molecule has 0 saturated heterocycles. The van der Waals surface area contributed by atoms with Crippen LogP contribution < -0.4 is 10.1 Å². The highest BCUT2D eigenvalue weighted by Crippen LogP contribution is 2.25. The van der Waals surface area contributed by atoms with E-state index in [9.17, 15) is 0 Å². The molecule has 0 amide bonds. The highest BCUT2D eigenvalue weighted by Gasteiger charge is 2.22. The van der Waals surface area contributed by atoms with Gasteiger partial charge in [-0.1, -0.05) is 12.1 Å². The van der Waals surface area contributed by atoms with Crippen LogP contribution >= 0.6 is 0 Å². The number of hydrogen-bond donors (Lipinski definition) is 1. The standard InChI is InChI=1S/C18H29NO2/c1-13(2)21-18-7-5-6-15(12-18)14(3)19-16-8-10-17(20-4)11-9-16/h5-7,12-14,16-17,19H,8-11H2,1-4H3. The van der Waals surface area contributed by atoms with Crippen LogP contribution in [0.4, 0.5) is 0 Å². The average molecular weight is 291 g/mol. The number of methoxy groups -OCH3 is 1. The minimum Gasteiger partial charge on any atom is -0.491 e. The fraction of sp³-hybridized carbons (Fsp3) is 0.667. The van der Waals surface area contributed by atoms with Crippen molar-refractivity contribution in [3.8, 4) is 5.75 Å². The van der Waals surface area contributed by atoms with Gasteiger partial charge in [0.05, 0.1) is 12.2 Å². The van der Waals surface area contributed by atoms with Gasteiger partial charge in [-0.3, -0.25) is 0 Å². The number of hydrogen-bond acceptors (Lipinski definition) is 3. The normalized spacial score (nSPS) is 24.0. The molecule has 1 aromatic carbocycles. The Morgan fingerprint density at radius 2 is 1.81 bits per heavy atom. The predicted molar refractivity (Wildman–Crippen MR) is 86.8 cm³/mol. The zero-order chi connectivity index (χ0) is 15.2. The molecule has 3 heteroatoms. The molecule has 2 rings (SSSR count). The summed E-state index contributed by atoms with van der Waals surface area (Å²) in [7, 11) is 1.82. The quantitative estimate of drug-likeness (QED) is 0.856. The molecule has 1 aromatic rings. The molecule has 1 atom stereocenters. The van der Waals surface area contributed by atoms with Crippen LogP contribution in [0, 0.1) is 0 Å². The van der Waals surface area contributed by atoms with E-state index in [1.807, 2.05) is 13.2 Å². The van der Waals surface area contributed by atoms with Crippen molar-refractivity contribution in [2.45, 2.75) is 70.7 Å². The van der Waals surface area contributed by atoms with Crippen molar-refractivity contribution in [2.75, 3.05) is 7.11 Å². The van der Waals surface area contributed by atoms with E-state index >= 15 is 0 Å². The molecule has 1 unspecified atom stereocenters. The van der Waals surface area contributed by atoms with E-state index in [4.69, 9.17) is 9.47 Å². The van der Waals surface area contributed by atoms with Gasteiger partial charge in [0.2, 0.25) is 0 Å². The van der Waals surface area contributed by atoms with Crippen molar-refractivity contribution in [1.82, 2.24) is 5.32 Å². The van der Waals surface area contributed by atoms with Crippen LogP contribution in [0.5, 0.6) is 5.75 Å². The maximum absolute atomic E-state index is 5.78. The summed E-state index contributed by atoms with van der Waals surface area (Å²) in [6, 6.07) is 9.38. The molecule has 0 aliphatic heterocycles. The van der Waals surface area contributed by atoms with Crippen molar-refractivity contribution in [1.29, 1.82) is 0 Å². The molecule has 0 radical (unpaired) electrons. The lowest BCUT2D eigenvalue weighted by Gasteiger charge is -2.30. The van der Waals surface area contributed by atoms with Crippen LogP contribution in [0.3, 0.4) is 0 Å². The first-order valence-corrected chi connectivity index (χ1v) is 8.14. The van der Waals surface area contributed by atoms with Crippen molar-refractivity contribution >= 4 is 0 Å². The summed E-state index contributed by atoms with van der Waals surface area (Å²) in [5, 5.41) is 3.75. The second-order valence-corrected chi connectivity index (χ2v) is 6.34.